The Balaban J connectivity index is 2.66. The summed E-state index contributed by atoms with van der Waals surface area (Å²) in [5, 5.41) is 0. The molecule has 2 N–H and O–H groups in total. The maximum Gasteiger partial charge on any atom is 0.131 e. The Kier molecular flexibility index (Phi) is 3.21. The zero-order valence-corrected chi connectivity index (χ0v) is 10.4. The molecule has 0 aliphatic heterocycles. The molecule has 2 rings (SSSR count). The van der Waals surface area contributed by atoms with Crippen molar-refractivity contribution in [3.63, 3.8) is 0 Å². The van der Waals surface area contributed by atoms with Gasteiger partial charge in [0.1, 0.15) is 11.6 Å². The second-order valence-corrected chi connectivity index (χ2v) is 4.98. The summed E-state index contributed by atoms with van der Waals surface area (Å²) < 4.78 is 27.3. The highest BCUT2D eigenvalue weighted by Crippen LogP contribution is 2.46. The van der Waals surface area contributed by atoms with E-state index in [1.165, 1.54) is 6.07 Å². The van der Waals surface area contributed by atoms with Crippen LogP contribution in [0.2, 0.25) is 0 Å². The Hall–Kier alpha value is -0.960. The standard InChI is InChI=1S/C14H19F2N/c1-3-14(4-2)6-5-12(17)13-10(14)7-9(15)8-11(13)16/h7-8,12H,3-6,17H2,1-2H3. The lowest BCUT2D eigenvalue weighted by atomic mass is 9.65. The second kappa shape index (κ2) is 4.37. The average molecular weight is 239 g/mol. The van der Waals surface area contributed by atoms with E-state index in [9.17, 15) is 8.78 Å². The third-order valence-electron chi connectivity index (χ3n) is 4.32. The van der Waals surface area contributed by atoms with E-state index in [2.05, 4.69) is 13.8 Å². The zero-order chi connectivity index (χ0) is 12.6. The Bertz CT molecular complexity index is 424. The van der Waals surface area contributed by atoms with Crippen LogP contribution in [0.15, 0.2) is 12.1 Å². The molecule has 1 aromatic carbocycles. The van der Waals surface area contributed by atoms with Gasteiger partial charge < -0.3 is 5.73 Å². The number of benzene rings is 1. The first-order chi connectivity index (χ1) is 8.04. The highest BCUT2D eigenvalue weighted by atomic mass is 19.1. The van der Waals surface area contributed by atoms with Crippen LogP contribution < -0.4 is 5.73 Å². The minimum atomic E-state index is -0.498. The molecule has 0 fully saturated rings. The molecule has 1 aliphatic carbocycles. The highest BCUT2D eigenvalue weighted by molar-refractivity contribution is 5.40. The monoisotopic (exact) mass is 239 g/mol. The Labute approximate surface area is 101 Å². The smallest absolute Gasteiger partial charge is 0.131 e. The Morgan fingerprint density at radius 3 is 2.53 bits per heavy atom. The first-order valence-corrected chi connectivity index (χ1v) is 6.29. The number of hydrogen-bond donors (Lipinski definition) is 1. The molecule has 1 atom stereocenters. The SMILES string of the molecule is CCC1(CC)CCC(N)c2c(F)cc(F)cc21. The zero-order valence-electron chi connectivity index (χ0n) is 10.4. The van der Waals surface area contributed by atoms with E-state index in [0.717, 1.165) is 37.3 Å². The molecule has 3 heteroatoms. The van der Waals surface area contributed by atoms with E-state index in [-0.39, 0.29) is 11.5 Å². The maximum atomic E-state index is 13.9. The van der Waals surface area contributed by atoms with Gasteiger partial charge in [-0.3, -0.25) is 0 Å². The van der Waals surface area contributed by atoms with Crippen LogP contribution in [0.1, 0.15) is 56.7 Å². The largest absolute Gasteiger partial charge is 0.324 e. The molecular weight excluding hydrogens is 220 g/mol. The number of halogens is 2. The van der Waals surface area contributed by atoms with Crippen molar-refractivity contribution in [1.82, 2.24) is 0 Å². The van der Waals surface area contributed by atoms with Crippen molar-refractivity contribution in [3.8, 4) is 0 Å². The van der Waals surface area contributed by atoms with Crippen molar-refractivity contribution in [2.45, 2.75) is 51.0 Å². The van der Waals surface area contributed by atoms with Gasteiger partial charge in [-0.2, -0.15) is 0 Å². The molecule has 1 unspecified atom stereocenters. The second-order valence-electron chi connectivity index (χ2n) is 4.98. The van der Waals surface area contributed by atoms with Crippen molar-refractivity contribution < 1.29 is 8.78 Å². The van der Waals surface area contributed by atoms with E-state index < -0.39 is 11.6 Å². The van der Waals surface area contributed by atoms with Crippen LogP contribution in [-0.2, 0) is 5.41 Å². The first-order valence-electron chi connectivity index (χ1n) is 6.29. The van der Waals surface area contributed by atoms with Gasteiger partial charge >= 0.3 is 0 Å². The molecule has 1 aromatic rings. The van der Waals surface area contributed by atoms with E-state index in [1.54, 1.807) is 0 Å². The Morgan fingerprint density at radius 1 is 1.29 bits per heavy atom. The molecule has 17 heavy (non-hydrogen) atoms. The fourth-order valence-corrected chi connectivity index (χ4v) is 3.10. The summed E-state index contributed by atoms with van der Waals surface area (Å²) in [6, 6.07) is 2.13. The van der Waals surface area contributed by atoms with E-state index >= 15 is 0 Å². The van der Waals surface area contributed by atoms with Gasteiger partial charge in [-0.25, -0.2) is 8.78 Å². The van der Waals surface area contributed by atoms with Gasteiger partial charge in [0, 0.05) is 17.7 Å². The van der Waals surface area contributed by atoms with Crippen LogP contribution in [0.3, 0.4) is 0 Å². The summed E-state index contributed by atoms with van der Waals surface area (Å²) in [7, 11) is 0. The lowest BCUT2D eigenvalue weighted by Gasteiger charge is -2.40. The summed E-state index contributed by atoms with van der Waals surface area (Å²) in [5.41, 5.74) is 7.18. The first kappa shape index (κ1) is 12.5. The predicted molar refractivity (Wildman–Crippen MR) is 64.8 cm³/mol. The number of nitrogens with two attached hydrogens (primary N) is 1. The van der Waals surface area contributed by atoms with E-state index in [4.69, 9.17) is 5.73 Å². The minimum absolute atomic E-state index is 0.103. The third-order valence-corrected chi connectivity index (χ3v) is 4.32. The molecule has 1 nitrogen and oxygen atoms in total. The summed E-state index contributed by atoms with van der Waals surface area (Å²) in [6.45, 7) is 4.15. The van der Waals surface area contributed by atoms with Crippen LogP contribution >= 0.6 is 0 Å². The quantitative estimate of drug-likeness (QED) is 0.834. The fraction of sp³-hybridized carbons (Fsp3) is 0.571. The molecule has 0 amide bonds. The third kappa shape index (κ3) is 1.86. The maximum absolute atomic E-state index is 13.9. The summed E-state index contributed by atoms with van der Waals surface area (Å²) in [6.07, 6.45) is 3.48. The highest BCUT2D eigenvalue weighted by Gasteiger charge is 2.38. The van der Waals surface area contributed by atoms with E-state index in [1.807, 2.05) is 0 Å². The average Bonchev–Trinajstić information content (AvgIpc) is 2.29. The molecule has 0 heterocycles. The molecular formula is C14H19F2N. The summed E-state index contributed by atoms with van der Waals surface area (Å²) >= 11 is 0. The van der Waals surface area contributed by atoms with E-state index in [0.29, 0.717) is 5.56 Å². The molecule has 0 spiro atoms. The van der Waals surface area contributed by atoms with Crippen LogP contribution in [0.25, 0.3) is 0 Å². The molecule has 0 saturated heterocycles. The van der Waals surface area contributed by atoms with Crippen molar-refractivity contribution in [2.75, 3.05) is 0 Å². The lowest BCUT2D eigenvalue weighted by molar-refractivity contribution is 0.307. The van der Waals surface area contributed by atoms with Gasteiger partial charge in [0.2, 0.25) is 0 Å². The van der Waals surface area contributed by atoms with Gasteiger partial charge in [0.15, 0.2) is 0 Å². The van der Waals surface area contributed by atoms with Gasteiger partial charge in [0.05, 0.1) is 0 Å². The molecule has 1 aliphatic rings. The van der Waals surface area contributed by atoms with Gasteiger partial charge in [0.25, 0.3) is 0 Å². The predicted octanol–water partition coefficient (Wildman–Crippen LogP) is 3.82. The molecule has 0 saturated carbocycles. The van der Waals surface area contributed by atoms with Gasteiger partial charge in [-0.15, -0.1) is 0 Å². The van der Waals surface area contributed by atoms with Crippen molar-refractivity contribution in [1.29, 1.82) is 0 Å². The normalized spacial score (nSPS) is 22.3. The van der Waals surface area contributed by atoms with Crippen molar-refractivity contribution >= 4 is 0 Å². The number of hydrogen-bond acceptors (Lipinski definition) is 1. The van der Waals surface area contributed by atoms with Crippen molar-refractivity contribution in [2.24, 2.45) is 5.73 Å². The van der Waals surface area contributed by atoms with Crippen LogP contribution in [0.4, 0.5) is 8.78 Å². The van der Waals surface area contributed by atoms with Crippen LogP contribution in [0.5, 0.6) is 0 Å². The molecule has 94 valence electrons. The van der Waals surface area contributed by atoms with Crippen LogP contribution in [0, 0.1) is 11.6 Å². The summed E-state index contributed by atoms with van der Waals surface area (Å²) in [4.78, 5) is 0. The minimum Gasteiger partial charge on any atom is -0.324 e. The number of rotatable bonds is 2. The lowest BCUT2D eigenvalue weighted by Crippen LogP contribution is -2.34. The van der Waals surface area contributed by atoms with Crippen LogP contribution in [-0.4, -0.2) is 0 Å². The number of fused-ring (bicyclic) bond motifs is 1. The van der Waals surface area contributed by atoms with Crippen molar-refractivity contribution in [3.05, 3.63) is 34.9 Å². The molecule has 0 radical (unpaired) electrons. The topological polar surface area (TPSA) is 26.0 Å². The van der Waals surface area contributed by atoms with Gasteiger partial charge in [-0.1, -0.05) is 13.8 Å². The Morgan fingerprint density at radius 2 is 1.94 bits per heavy atom. The molecule has 0 bridgehead atoms. The van der Waals surface area contributed by atoms with Gasteiger partial charge in [-0.05, 0) is 42.7 Å². The molecule has 0 aromatic heterocycles. The summed E-state index contributed by atoms with van der Waals surface area (Å²) in [5.74, 6) is -0.986. The fourth-order valence-electron chi connectivity index (χ4n) is 3.10.